The molecule has 0 radical (unpaired) electrons. The number of hydrogen-bond acceptors (Lipinski definition) is 2. The van der Waals surface area contributed by atoms with Crippen LogP contribution in [0.25, 0.3) is 11.0 Å². The number of benzene rings is 1. The van der Waals surface area contributed by atoms with Gasteiger partial charge in [-0.1, -0.05) is 23.7 Å². The fraction of sp³-hybridized carbons (Fsp3) is 0.133. The van der Waals surface area contributed by atoms with Crippen molar-refractivity contribution >= 4 is 22.6 Å². The quantitative estimate of drug-likeness (QED) is 0.679. The van der Waals surface area contributed by atoms with Gasteiger partial charge in [-0.2, -0.15) is 0 Å². The average molecular weight is 273 g/mol. The summed E-state index contributed by atoms with van der Waals surface area (Å²) < 4.78 is 7.24. The highest BCUT2D eigenvalue weighted by Gasteiger charge is 2.04. The van der Waals surface area contributed by atoms with E-state index >= 15 is 0 Å². The molecule has 0 aliphatic carbocycles. The first-order chi connectivity index (χ1) is 9.26. The summed E-state index contributed by atoms with van der Waals surface area (Å²) in [6.07, 6.45) is 2.03. The van der Waals surface area contributed by atoms with Gasteiger partial charge in [-0.15, -0.1) is 0 Å². The normalized spacial score (nSPS) is 10.8. The van der Waals surface area contributed by atoms with E-state index in [1.54, 1.807) is 7.11 Å². The van der Waals surface area contributed by atoms with Gasteiger partial charge in [-0.25, -0.2) is 4.98 Å². The highest BCUT2D eigenvalue weighted by molar-refractivity contribution is 6.29. The van der Waals surface area contributed by atoms with Gasteiger partial charge in [0.25, 0.3) is 0 Å². The Bertz CT molecular complexity index is 704. The number of rotatable bonds is 3. The maximum absolute atomic E-state index is 5.95. The topological polar surface area (TPSA) is 27.1 Å². The lowest BCUT2D eigenvalue weighted by molar-refractivity contribution is 0.414. The van der Waals surface area contributed by atoms with E-state index in [0.29, 0.717) is 5.15 Å². The first-order valence-corrected chi connectivity index (χ1v) is 6.38. The molecule has 2 heterocycles. The molecule has 0 spiro atoms. The van der Waals surface area contributed by atoms with E-state index in [4.69, 9.17) is 16.3 Å². The van der Waals surface area contributed by atoms with E-state index in [0.717, 1.165) is 23.3 Å². The second-order valence-electron chi connectivity index (χ2n) is 4.34. The number of aromatic nitrogens is 2. The number of nitrogens with zero attached hydrogens (tertiary/aromatic N) is 2. The van der Waals surface area contributed by atoms with Crippen LogP contribution in [-0.4, -0.2) is 16.7 Å². The molecule has 0 amide bonds. The zero-order valence-electron chi connectivity index (χ0n) is 10.5. The lowest BCUT2D eigenvalue weighted by Gasteiger charge is -2.06. The smallest absolute Gasteiger partial charge is 0.141 e. The zero-order valence-corrected chi connectivity index (χ0v) is 11.3. The highest BCUT2D eigenvalue weighted by atomic mass is 35.5. The predicted molar refractivity (Wildman–Crippen MR) is 76.8 cm³/mol. The SMILES string of the molecule is COc1ccc(Cn2ccc3ccc(Cl)nc32)cc1. The zero-order chi connectivity index (χ0) is 13.2. The molecule has 1 aromatic carbocycles. The molecular formula is C15H13ClN2O. The minimum atomic E-state index is 0.516. The van der Waals surface area contributed by atoms with Crippen LogP contribution in [0.2, 0.25) is 5.15 Å². The summed E-state index contributed by atoms with van der Waals surface area (Å²) in [5.41, 5.74) is 2.10. The van der Waals surface area contributed by atoms with Crippen LogP contribution < -0.4 is 4.74 Å². The summed E-state index contributed by atoms with van der Waals surface area (Å²) in [4.78, 5) is 4.37. The van der Waals surface area contributed by atoms with Gasteiger partial charge in [-0.3, -0.25) is 0 Å². The summed E-state index contributed by atoms with van der Waals surface area (Å²) in [5.74, 6) is 0.863. The molecule has 3 rings (SSSR count). The maximum atomic E-state index is 5.95. The largest absolute Gasteiger partial charge is 0.497 e. The van der Waals surface area contributed by atoms with E-state index < -0.39 is 0 Å². The first kappa shape index (κ1) is 12.1. The molecule has 3 aromatic rings. The number of pyridine rings is 1. The molecule has 19 heavy (non-hydrogen) atoms. The Morgan fingerprint density at radius 2 is 1.89 bits per heavy atom. The summed E-state index contributed by atoms with van der Waals surface area (Å²) in [5, 5.41) is 1.61. The Balaban J connectivity index is 1.93. The third-order valence-corrected chi connectivity index (χ3v) is 3.30. The molecule has 96 valence electrons. The van der Waals surface area contributed by atoms with Crippen molar-refractivity contribution in [1.82, 2.24) is 9.55 Å². The lowest BCUT2D eigenvalue weighted by atomic mass is 10.2. The molecule has 0 aliphatic heterocycles. The van der Waals surface area contributed by atoms with Crippen molar-refractivity contribution in [2.45, 2.75) is 6.54 Å². The minimum Gasteiger partial charge on any atom is -0.497 e. The molecule has 0 unspecified atom stereocenters. The third-order valence-electron chi connectivity index (χ3n) is 3.09. The average Bonchev–Trinajstić information content (AvgIpc) is 2.82. The fourth-order valence-electron chi connectivity index (χ4n) is 2.09. The number of ether oxygens (including phenoxy) is 1. The second kappa shape index (κ2) is 4.94. The summed E-state index contributed by atoms with van der Waals surface area (Å²) >= 11 is 5.95. The van der Waals surface area contributed by atoms with Crippen molar-refractivity contribution in [2.24, 2.45) is 0 Å². The Morgan fingerprint density at radius 1 is 1.11 bits per heavy atom. The Labute approximate surface area is 116 Å². The first-order valence-electron chi connectivity index (χ1n) is 6.00. The van der Waals surface area contributed by atoms with E-state index in [9.17, 15) is 0 Å². The van der Waals surface area contributed by atoms with Crippen LogP contribution in [-0.2, 0) is 6.54 Å². The van der Waals surface area contributed by atoms with Gasteiger partial charge in [0.1, 0.15) is 16.5 Å². The minimum absolute atomic E-state index is 0.516. The van der Waals surface area contributed by atoms with Crippen molar-refractivity contribution in [3.05, 3.63) is 59.4 Å². The van der Waals surface area contributed by atoms with Gasteiger partial charge in [-0.05, 0) is 35.9 Å². The van der Waals surface area contributed by atoms with Crippen molar-refractivity contribution in [3.63, 3.8) is 0 Å². The van der Waals surface area contributed by atoms with Crippen LogP contribution in [0, 0.1) is 0 Å². The van der Waals surface area contributed by atoms with E-state index in [2.05, 4.69) is 21.7 Å². The molecule has 0 N–H and O–H groups in total. The van der Waals surface area contributed by atoms with Crippen molar-refractivity contribution in [3.8, 4) is 5.75 Å². The van der Waals surface area contributed by atoms with Gasteiger partial charge in [0.2, 0.25) is 0 Å². The van der Waals surface area contributed by atoms with E-state index in [1.807, 2.05) is 36.5 Å². The van der Waals surface area contributed by atoms with Gasteiger partial charge >= 0.3 is 0 Å². The molecule has 0 atom stereocenters. The number of fused-ring (bicyclic) bond motifs is 1. The van der Waals surface area contributed by atoms with Gasteiger partial charge in [0.05, 0.1) is 7.11 Å². The number of halogens is 1. The fourth-order valence-corrected chi connectivity index (χ4v) is 2.24. The molecule has 0 fully saturated rings. The van der Waals surface area contributed by atoms with Gasteiger partial charge in [0, 0.05) is 18.1 Å². The molecule has 3 nitrogen and oxygen atoms in total. The van der Waals surface area contributed by atoms with E-state index in [-0.39, 0.29) is 0 Å². The Kier molecular flexibility index (Phi) is 3.13. The van der Waals surface area contributed by atoms with Crippen LogP contribution in [0.5, 0.6) is 5.75 Å². The van der Waals surface area contributed by atoms with Crippen LogP contribution in [0.4, 0.5) is 0 Å². The molecule has 0 aliphatic rings. The molecule has 4 heteroatoms. The van der Waals surface area contributed by atoms with Crippen LogP contribution >= 0.6 is 11.6 Å². The number of hydrogen-bond donors (Lipinski definition) is 0. The monoisotopic (exact) mass is 272 g/mol. The molecule has 2 aromatic heterocycles. The lowest BCUT2D eigenvalue weighted by Crippen LogP contribution is -1.99. The second-order valence-corrected chi connectivity index (χ2v) is 4.73. The van der Waals surface area contributed by atoms with Crippen LogP contribution in [0.3, 0.4) is 0 Å². The van der Waals surface area contributed by atoms with Crippen LogP contribution in [0.15, 0.2) is 48.7 Å². The predicted octanol–water partition coefficient (Wildman–Crippen LogP) is 3.75. The van der Waals surface area contributed by atoms with Crippen molar-refractivity contribution in [2.75, 3.05) is 7.11 Å². The van der Waals surface area contributed by atoms with Gasteiger partial charge < -0.3 is 9.30 Å². The van der Waals surface area contributed by atoms with Crippen molar-refractivity contribution in [1.29, 1.82) is 0 Å². The number of methoxy groups -OCH3 is 1. The molecule has 0 saturated carbocycles. The molecule has 0 bridgehead atoms. The summed E-state index contributed by atoms with van der Waals surface area (Å²) in [7, 11) is 1.67. The Morgan fingerprint density at radius 3 is 2.63 bits per heavy atom. The standard InChI is InChI=1S/C15H13ClN2O/c1-19-13-5-2-11(3-6-13)10-18-9-8-12-4-7-14(16)17-15(12)18/h2-9H,10H2,1H3. The highest BCUT2D eigenvalue weighted by Crippen LogP contribution is 2.19. The molecule has 0 saturated heterocycles. The van der Waals surface area contributed by atoms with Crippen molar-refractivity contribution < 1.29 is 4.74 Å². The van der Waals surface area contributed by atoms with Crippen LogP contribution in [0.1, 0.15) is 5.56 Å². The summed E-state index contributed by atoms with van der Waals surface area (Å²) in [6, 6.07) is 13.9. The van der Waals surface area contributed by atoms with Gasteiger partial charge in [0.15, 0.2) is 0 Å². The van der Waals surface area contributed by atoms with E-state index in [1.165, 1.54) is 5.56 Å². The third kappa shape index (κ3) is 2.42. The Hall–Kier alpha value is -2.00. The molecular weight excluding hydrogens is 260 g/mol. The maximum Gasteiger partial charge on any atom is 0.141 e. The summed E-state index contributed by atoms with van der Waals surface area (Å²) in [6.45, 7) is 0.765.